The van der Waals surface area contributed by atoms with Crippen LogP contribution >= 0.6 is 7.82 Å². The topological polar surface area (TPSA) is 93.8 Å². The highest BCUT2D eigenvalue weighted by Crippen LogP contribution is 2.43. The molecule has 0 saturated carbocycles. The highest BCUT2D eigenvalue weighted by Gasteiger charge is 2.42. The largest absolute Gasteiger partial charge is 0.472 e. The van der Waals surface area contributed by atoms with Crippen LogP contribution in [0.4, 0.5) is 0 Å². The van der Waals surface area contributed by atoms with Crippen LogP contribution in [0.2, 0.25) is 0 Å². The van der Waals surface area contributed by atoms with Crippen molar-refractivity contribution in [3.63, 3.8) is 0 Å². The van der Waals surface area contributed by atoms with Crippen molar-refractivity contribution in [1.82, 2.24) is 4.90 Å². The normalized spacial score (nSPS) is 16.6. The molecule has 7 heteroatoms. The predicted octanol–water partition coefficient (Wildman–Crippen LogP) is 1.45. The number of hydrogen-bond acceptors (Lipinski definition) is 4. The second-order valence-electron chi connectivity index (χ2n) is 4.27. The molecule has 0 amide bonds. The average Bonchev–Trinajstić information content (AvgIpc) is 1.98. The van der Waals surface area contributed by atoms with Crippen LogP contribution in [0, 0.1) is 11.3 Å². The van der Waals surface area contributed by atoms with Crippen LogP contribution < -0.4 is 0 Å². The Kier molecular flexibility index (Phi) is 5.12. The highest BCUT2D eigenvalue weighted by atomic mass is 31.2. The average molecular weight is 250 g/mol. The standard InChI is InChI=1S/C9H19N2O4P/c1-7(2)11(8(3)4)9(5,6-10)15-16(12,13)14/h7-8H,1-5H3,(H2,12,13,14). The maximum atomic E-state index is 10.8. The Morgan fingerprint density at radius 3 is 1.88 bits per heavy atom. The highest BCUT2D eigenvalue weighted by molar-refractivity contribution is 7.46. The van der Waals surface area contributed by atoms with Gasteiger partial charge >= 0.3 is 7.82 Å². The van der Waals surface area contributed by atoms with Gasteiger partial charge in [0.1, 0.15) is 6.07 Å². The van der Waals surface area contributed by atoms with Gasteiger partial charge in [-0.2, -0.15) is 5.26 Å². The Labute approximate surface area is 96.1 Å². The van der Waals surface area contributed by atoms with Gasteiger partial charge in [-0.3, -0.25) is 9.42 Å². The van der Waals surface area contributed by atoms with Gasteiger partial charge in [0.2, 0.25) is 5.72 Å². The van der Waals surface area contributed by atoms with E-state index in [9.17, 15) is 4.57 Å². The minimum atomic E-state index is -4.70. The summed E-state index contributed by atoms with van der Waals surface area (Å²) >= 11 is 0. The first-order chi connectivity index (χ1) is 7.03. The first kappa shape index (κ1) is 15.6. The number of nitriles is 1. The number of nitrogens with zero attached hydrogens (tertiary/aromatic N) is 2. The fraction of sp³-hybridized carbons (Fsp3) is 0.889. The van der Waals surface area contributed by atoms with E-state index in [-0.39, 0.29) is 12.1 Å². The predicted molar refractivity (Wildman–Crippen MR) is 59.3 cm³/mol. The third-order valence-corrected chi connectivity index (χ3v) is 2.70. The van der Waals surface area contributed by atoms with Crippen molar-refractivity contribution in [3.05, 3.63) is 0 Å². The Morgan fingerprint density at radius 1 is 1.31 bits per heavy atom. The van der Waals surface area contributed by atoms with Crippen LogP contribution in [0.5, 0.6) is 0 Å². The molecule has 0 rings (SSSR count). The third kappa shape index (κ3) is 4.20. The third-order valence-electron chi connectivity index (χ3n) is 2.11. The van der Waals surface area contributed by atoms with Crippen LogP contribution in [-0.4, -0.2) is 32.5 Å². The van der Waals surface area contributed by atoms with E-state index in [0.717, 1.165) is 0 Å². The van der Waals surface area contributed by atoms with Crippen molar-refractivity contribution in [2.24, 2.45) is 0 Å². The monoisotopic (exact) mass is 250 g/mol. The maximum absolute atomic E-state index is 10.8. The molecule has 0 aliphatic heterocycles. The molecule has 0 aliphatic rings. The van der Waals surface area contributed by atoms with Crippen molar-refractivity contribution >= 4 is 7.82 Å². The maximum Gasteiger partial charge on any atom is 0.472 e. The molecule has 0 bridgehead atoms. The molecular formula is C9H19N2O4P. The van der Waals surface area contributed by atoms with E-state index in [4.69, 9.17) is 15.0 Å². The smallest absolute Gasteiger partial charge is 0.303 e. The van der Waals surface area contributed by atoms with Gasteiger partial charge in [-0.15, -0.1) is 0 Å². The first-order valence-corrected chi connectivity index (χ1v) is 6.52. The van der Waals surface area contributed by atoms with E-state index >= 15 is 0 Å². The van der Waals surface area contributed by atoms with Crippen molar-refractivity contribution in [1.29, 1.82) is 5.26 Å². The fourth-order valence-corrected chi connectivity index (χ4v) is 2.54. The molecule has 1 atom stereocenters. The lowest BCUT2D eigenvalue weighted by Crippen LogP contribution is -2.53. The summed E-state index contributed by atoms with van der Waals surface area (Å²) in [7, 11) is -4.70. The first-order valence-electron chi connectivity index (χ1n) is 4.99. The molecule has 0 aromatic carbocycles. The Balaban J connectivity index is 5.22. The van der Waals surface area contributed by atoms with E-state index in [0.29, 0.717) is 0 Å². The summed E-state index contributed by atoms with van der Waals surface area (Å²) in [5.74, 6) is 0. The summed E-state index contributed by atoms with van der Waals surface area (Å²) in [5.41, 5.74) is -1.64. The summed E-state index contributed by atoms with van der Waals surface area (Å²) < 4.78 is 15.4. The van der Waals surface area contributed by atoms with Gasteiger partial charge in [0.05, 0.1) is 0 Å². The Hall–Kier alpha value is -0.440. The molecule has 1 unspecified atom stereocenters. The zero-order valence-electron chi connectivity index (χ0n) is 10.2. The van der Waals surface area contributed by atoms with Gasteiger partial charge in [-0.05, 0) is 34.6 Å². The summed E-state index contributed by atoms with van der Waals surface area (Å²) in [5, 5.41) is 9.06. The number of phosphoric acid groups is 1. The van der Waals surface area contributed by atoms with Crippen molar-refractivity contribution in [3.8, 4) is 6.07 Å². The Morgan fingerprint density at radius 2 is 1.69 bits per heavy atom. The van der Waals surface area contributed by atoms with Crippen LogP contribution in [-0.2, 0) is 9.09 Å². The number of phosphoric ester groups is 1. The summed E-state index contributed by atoms with van der Waals surface area (Å²) in [4.78, 5) is 19.2. The second-order valence-corrected chi connectivity index (χ2v) is 5.44. The van der Waals surface area contributed by atoms with E-state index in [2.05, 4.69) is 4.52 Å². The van der Waals surface area contributed by atoms with Crippen LogP contribution in [0.25, 0.3) is 0 Å². The van der Waals surface area contributed by atoms with Gasteiger partial charge < -0.3 is 9.79 Å². The zero-order chi connectivity index (χ0) is 13.1. The minimum absolute atomic E-state index is 0.0730. The molecule has 0 spiro atoms. The number of rotatable bonds is 5. The van der Waals surface area contributed by atoms with E-state index < -0.39 is 13.5 Å². The molecule has 94 valence electrons. The molecule has 16 heavy (non-hydrogen) atoms. The molecule has 0 heterocycles. The molecule has 0 aromatic rings. The molecule has 0 radical (unpaired) electrons. The molecule has 0 fully saturated rings. The Bertz CT molecular complexity index is 312. The summed E-state index contributed by atoms with van der Waals surface area (Å²) in [6.45, 7) is 8.68. The molecular weight excluding hydrogens is 231 g/mol. The van der Waals surface area contributed by atoms with Gasteiger partial charge in [0.25, 0.3) is 0 Å². The van der Waals surface area contributed by atoms with Crippen molar-refractivity contribution < 1.29 is 18.9 Å². The molecule has 2 N–H and O–H groups in total. The second kappa shape index (κ2) is 5.26. The quantitative estimate of drug-likeness (QED) is 0.566. The van der Waals surface area contributed by atoms with Gasteiger partial charge in [-0.1, -0.05) is 0 Å². The molecule has 0 aromatic heterocycles. The lowest BCUT2D eigenvalue weighted by atomic mass is 10.1. The minimum Gasteiger partial charge on any atom is -0.303 e. The van der Waals surface area contributed by atoms with Gasteiger partial charge in [-0.25, -0.2) is 4.57 Å². The molecule has 6 nitrogen and oxygen atoms in total. The van der Waals surface area contributed by atoms with Crippen LogP contribution in [0.3, 0.4) is 0 Å². The van der Waals surface area contributed by atoms with Crippen molar-refractivity contribution in [2.75, 3.05) is 0 Å². The number of hydrogen-bond donors (Lipinski definition) is 2. The van der Waals surface area contributed by atoms with Crippen LogP contribution in [0.15, 0.2) is 0 Å². The van der Waals surface area contributed by atoms with Crippen LogP contribution in [0.1, 0.15) is 34.6 Å². The summed E-state index contributed by atoms with van der Waals surface area (Å²) in [6.07, 6.45) is 0. The lowest BCUT2D eigenvalue weighted by Gasteiger charge is -2.40. The van der Waals surface area contributed by atoms with E-state index in [1.807, 2.05) is 33.8 Å². The van der Waals surface area contributed by atoms with Gasteiger partial charge in [0.15, 0.2) is 0 Å². The zero-order valence-corrected chi connectivity index (χ0v) is 11.1. The molecule has 0 aliphatic carbocycles. The van der Waals surface area contributed by atoms with Crippen molar-refractivity contribution in [2.45, 2.75) is 52.4 Å². The molecule has 0 saturated heterocycles. The van der Waals surface area contributed by atoms with E-state index in [1.165, 1.54) is 6.92 Å². The summed E-state index contributed by atoms with van der Waals surface area (Å²) in [6, 6.07) is 1.66. The fourth-order valence-electron chi connectivity index (χ4n) is 1.94. The SMILES string of the molecule is CC(C)N(C(C)C)C(C)(C#N)OP(=O)(O)O. The van der Waals surface area contributed by atoms with Gasteiger partial charge in [0, 0.05) is 12.1 Å². The lowest BCUT2D eigenvalue weighted by molar-refractivity contribution is -0.0760. The van der Waals surface area contributed by atoms with E-state index in [1.54, 1.807) is 4.90 Å².